The molecule has 1 aromatic rings. The summed E-state index contributed by atoms with van der Waals surface area (Å²) in [6.07, 6.45) is 5.57. The molecule has 5 nitrogen and oxygen atoms in total. The van der Waals surface area contributed by atoms with Crippen molar-refractivity contribution in [2.75, 3.05) is 11.9 Å². The van der Waals surface area contributed by atoms with Crippen molar-refractivity contribution >= 4 is 40.2 Å². The first-order valence-electron chi connectivity index (χ1n) is 8.01. The Morgan fingerprint density at radius 2 is 2.20 bits per heavy atom. The first-order chi connectivity index (χ1) is 11.9. The molecule has 0 spiro atoms. The fourth-order valence-electron chi connectivity index (χ4n) is 2.21. The highest BCUT2D eigenvalue weighted by Crippen LogP contribution is 2.27. The summed E-state index contributed by atoms with van der Waals surface area (Å²) in [6, 6.07) is 4.29. The standard InChI is InChI=1S/C18H22FIN4O/c1-11(22)6-17(24-16-5-4-14(19)7-15(16)20)18(25)13(8-21)10-23-9-12-2-3-12/h4-8,10,12,18,21-25H,2-3,9H2,1H3/b13-10+,17-6-,21-8?,22-11?. The number of nitrogens with one attached hydrogen (secondary N) is 4. The van der Waals surface area contributed by atoms with Gasteiger partial charge in [-0.15, -0.1) is 0 Å². The van der Waals surface area contributed by atoms with Crippen LogP contribution in [0.15, 0.2) is 41.7 Å². The molecule has 1 aromatic carbocycles. The van der Waals surface area contributed by atoms with Gasteiger partial charge in [-0.1, -0.05) is 0 Å². The molecule has 0 aromatic heterocycles. The van der Waals surface area contributed by atoms with Gasteiger partial charge in [-0.3, -0.25) is 0 Å². The van der Waals surface area contributed by atoms with Gasteiger partial charge in [-0.25, -0.2) is 4.39 Å². The van der Waals surface area contributed by atoms with E-state index in [1.165, 1.54) is 31.1 Å². The zero-order valence-electron chi connectivity index (χ0n) is 13.9. The van der Waals surface area contributed by atoms with Gasteiger partial charge in [0, 0.05) is 33.8 Å². The van der Waals surface area contributed by atoms with E-state index in [4.69, 9.17) is 10.8 Å². The summed E-state index contributed by atoms with van der Waals surface area (Å²) in [4.78, 5) is 0. The van der Waals surface area contributed by atoms with Crippen LogP contribution in [0.2, 0.25) is 0 Å². The molecule has 1 saturated carbocycles. The predicted octanol–water partition coefficient (Wildman–Crippen LogP) is 3.66. The van der Waals surface area contributed by atoms with E-state index in [9.17, 15) is 9.50 Å². The third-order valence-electron chi connectivity index (χ3n) is 3.73. The van der Waals surface area contributed by atoms with Crippen LogP contribution < -0.4 is 10.6 Å². The molecule has 1 fully saturated rings. The third-order valence-corrected chi connectivity index (χ3v) is 4.62. The SMILES string of the molecule is CC(=N)/C=C(\Nc1ccc(F)cc1I)C(O)/C(C=N)=C/NCC1CC1. The number of benzene rings is 1. The summed E-state index contributed by atoms with van der Waals surface area (Å²) in [5, 5.41) is 32.1. The van der Waals surface area contributed by atoms with Gasteiger partial charge in [0.25, 0.3) is 0 Å². The second kappa shape index (κ2) is 9.10. The van der Waals surface area contributed by atoms with Crippen LogP contribution in [-0.2, 0) is 0 Å². The molecule has 5 N–H and O–H groups in total. The van der Waals surface area contributed by atoms with E-state index in [-0.39, 0.29) is 11.5 Å². The Kier molecular flexibility index (Phi) is 7.12. The highest BCUT2D eigenvalue weighted by Gasteiger charge is 2.21. The molecule has 25 heavy (non-hydrogen) atoms. The lowest BCUT2D eigenvalue weighted by Crippen LogP contribution is -2.23. The summed E-state index contributed by atoms with van der Waals surface area (Å²) < 4.78 is 13.9. The Morgan fingerprint density at radius 3 is 2.76 bits per heavy atom. The highest BCUT2D eigenvalue weighted by atomic mass is 127. The minimum absolute atomic E-state index is 0.258. The van der Waals surface area contributed by atoms with Crippen LogP contribution in [0, 0.1) is 26.1 Å². The Bertz CT molecular complexity index is 713. The van der Waals surface area contributed by atoms with Gasteiger partial charge in [-0.05, 0) is 72.5 Å². The van der Waals surface area contributed by atoms with Crippen molar-refractivity contribution in [2.24, 2.45) is 5.92 Å². The molecule has 0 amide bonds. The number of halogens is 2. The van der Waals surface area contributed by atoms with Gasteiger partial charge in [-0.2, -0.15) is 0 Å². The summed E-state index contributed by atoms with van der Waals surface area (Å²) in [5.41, 5.74) is 1.63. The lowest BCUT2D eigenvalue weighted by atomic mass is 10.1. The van der Waals surface area contributed by atoms with E-state index >= 15 is 0 Å². The largest absolute Gasteiger partial charge is 0.390 e. The Labute approximate surface area is 160 Å². The van der Waals surface area contributed by atoms with Crippen LogP contribution in [0.25, 0.3) is 0 Å². The fraction of sp³-hybridized carbons (Fsp3) is 0.333. The molecule has 134 valence electrons. The topological polar surface area (TPSA) is 92.0 Å². The van der Waals surface area contributed by atoms with Gasteiger partial charge in [0.15, 0.2) is 0 Å². The smallest absolute Gasteiger partial charge is 0.124 e. The molecular weight excluding hydrogens is 434 g/mol. The van der Waals surface area contributed by atoms with Crippen LogP contribution in [0.1, 0.15) is 19.8 Å². The second-order valence-electron chi connectivity index (χ2n) is 6.07. The molecule has 0 heterocycles. The monoisotopic (exact) mass is 456 g/mol. The number of anilines is 1. The van der Waals surface area contributed by atoms with Crippen LogP contribution >= 0.6 is 22.6 Å². The van der Waals surface area contributed by atoms with Crippen LogP contribution in [0.4, 0.5) is 10.1 Å². The van der Waals surface area contributed by atoms with Crippen molar-refractivity contribution in [3.63, 3.8) is 0 Å². The maximum atomic E-state index is 13.3. The molecule has 1 unspecified atom stereocenters. The number of aliphatic hydroxyl groups is 1. The molecule has 0 aliphatic heterocycles. The molecule has 1 aliphatic carbocycles. The molecule has 0 saturated heterocycles. The molecule has 2 rings (SSSR count). The predicted molar refractivity (Wildman–Crippen MR) is 108 cm³/mol. The lowest BCUT2D eigenvalue weighted by Gasteiger charge is -2.19. The normalized spacial score (nSPS) is 16.3. The summed E-state index contributed by atoms with van der Waals surface area (Å²) in [6.45, 7) is 2.43. The number of aliphatic hydroxyl groups excluding tert-OH is 1. The number of hydrogen-bond acceptors (Lipinski definition) is 5. The third kappa shape index (κ3) is 6.24. The van der Waals surface area contributed by atoms with Crippen molar-refractivity contribution in [1.82, 2.24) is 5.32 Å². The van der Waals surface area contributed by atoms with Crippen LogP contribution in [0.3, 0.4) is 0 Å². The Balaban J connectivity index is 2.19. The summed E-state index contributed by atoms with van der Waals surface area (Å²) in [7, 11) is 0. The highest BCUT2D eigenvalue weighted by molar-refractivity contribution is 14.1. The van der Waals surface area contributed by atoms with Gasteiger partial charge in [0.1, 0.15) is 11.9 Å². The van der Waals surface area contributed by atoms with E-state index < -0.39 is 6.10 Å². The van der Waals surface area contributed by atoms with Crippen molar-refractivity contribution in [3.8, 4) is 0 Å². The Hall–Kier alpha value is -1.74. The zero-order valence-corrected chi connectivity index (χ0v) is 16.1. The van der Waals surface area contributed by atoms with Gasteiger partial charge in [0.05, 0.1) is 11.4 Å². The van der Waals surface area contributed by atoms with Crippen molar-refractivity contribution in [2.45, 2.75) is 25.9 Å². The first kappa shape index (κ1) is 19.6. The fourth-order valence-corrected chi connectivity index (χ4v) is 2.82. The number of rotatable bonds is 9. The number of allylic oxidation sites excluding steroid dienone is 1. The average Bonchev–Trinajstić information content (AvgIpc) is 3.36. The van der Waals surface area contributed by atoms with Crippen LogP contribution in [0.5, 0.6) is 0 Å². The first-order valence-corrected chi connectivity index (χ1v) is 9.09. The van der Waals surface area contributed by atoms with Crippen LogP contribution in [-0.4, -0.2) is 29.7 Å². The van der Waals surface area contributed by atoms with Gasteiger partial charge >= 0.3 is 0 Å². The van der Waals surface area contributed by atoms with Crippen molar-refractivity contribution in [3.05, 3.63) is 51.1 Å². The molecule has 7 heteroatoms. The van der Waals surface area contributed by atoms with Gasteiger partial charge < -0.3 is 26.6 Å². The van der Waals surface area contributed by atoms with E-state index in [1.54, 1.807) is 19.2 Å². The van der Waals surface area contributed by atoms with Crippen molar-refractivity contribution < 1.29 is 9.50 Å². The quantitative estimate of drug-likeness (QED) is 0.290. The van der Waals surface area contributed by atoms with Crippen molar-refractivity contribution in [1.29, 1.82) is 10.8 Å². The van der Waals surface area contributed by atoms with E-state index in [0.717, 1.165) is 12.8 Å². The summed E-state index contributed by atoms with van der Waals surface area (Å²) in [5.74, 6) is 0.340. The minimum Gasteiger partial charge on any atom is -0.390 e. The van der Waals surface area contributed by atoms with E-state index in [2.05, 4.69) is 10.6 Å². The number of hydrogen-bond donors (Lipinski definition) is 5. The average molecular weight is 456 g/mol. The molecule has 1 aliphatic rings. The maximum absolute atomic E-state index is 13.3. The molecule has 1 atom stereocenters. The van der Waals surface area contributed by atoms with E-state index in [1.807, 2.05) is 22.6 Å². The zero-order chi connectivity index (χ0) is 18.4. The minimum atomic E-state index is -1.09. The Morgan fingerprint density at radius 1 is 1.48 bits per heavy atom. The molecular formula is C18H22FIN4O. The molecule has 0 radical (unpaired) electrons. The molecule has 0 bridgehead atoms. The van der Waals surface area contributed by atoms with E-state index in [0.29, 0.717) is 26.4 Å². The summed E-state index contributed by atoms with van der Waals surface area (Å²) >= 11 is 2.00. The van der Waals surface area contributed by atoms with Gasteiger partial charge in [0.2, 0.25) is 0 Å². The second-order valence-corrected chi connectivity index (χ2v) is 7.24. The maximum Gasteiger partial charge on any atom is 0.124 e. The lowest BCUT2D eigenvalue weighted by molar-refractivity contribution is 0.254.